The van der Waals surface area contributed by atoms with E-state index in [1.165, 1.54) is 0 Å². The van der Waals surface area contributed by atoms with E-state index in [4.69, 9.17) is 0 Å². The second-order valence-electron chi connectivity index (χ2n) is 5.07. The molecule has 0 unspecified atom stereocenters. The minimum Gasteiger partial charge on any atom is -0.393 e. The molecule has 98 valence electrons. The highest BCUT2D eigenvalue weighted by Crippen LogP contribution is 2.34. The maximum atomic E-state index is 11.1. The van der Waals surface area contributed by atoms with Crippen molar-refractivity contribution in [3.05, 3.63) is 33.9 Å². The van der Waals surface area contributed by atoms with Crippen molar-refractivity contribution in [3.8, 4) is 0 Å². The fourth-order valence-corrected chi connectivity index (χ4v) is 2.52. The number of para-hydroxylation sites is 1. The van der Waals surface area contributed by atoms with Gasteiger partial charge in [-0.25, -0.2) is 0 Å². The lowest BCUT2D eigenvalue weighted by molar-refractivity contribution is -0.384. The summed E-state index contributed by atoms with van der Waals surface area (Å²) in [5.74, 6) is 0.435. The van der Waals surface area contributed by atoms with Gasteiger partial charge in [-0.2, -0.15) is 0 Å². The molecule has 0 aliphatic heterocycles. The molecule has 0 amide bonds. The third-order valence-corrected chi connectivity index (χ3v) is 3.55. The second kappa shape index (κ2) is 4.94. The second-order valence-corrected chi connectivity index (χ2v) is 5.07. The van der Waals surface area contributed by atoms with Gasteiger partial charge in [0.05, 0.1) is 11.0 Å². The maximum Gasteiger partial charge on any atom is 0.295 e. The Morgan fingerprint density at radius 1 is 1.50 bits per heavy atom. The molecule has 0 saturated heterocycles. The molecular weight excluding hydrogens is 232 g/mol. The molecule has 5 nitrogen and oxygen atoms in total. The summed E-state index contributed by atoms with van der Waals surface area (Å²) in [5.41, 5.74) is 1.51. The van der Waals surface area contributed by atoms with Crippen LogP contribution in [0.4, 0.5) is 11.4 Å². The minimum atomic E-state index is -0.323. The Morgan fingerprint density at radius 3 is 2.72 bits per heavy atom. The number of aliphatic hydroxyl groups is 1. The standard InChI is InChI=1S/C13H18N2O3/c1-9-4-3-5-12(13(9)15(17)18)14(2)8-10-6-11(16)7-10/h3-5,10-11,16H,6-8H2,1-2H3. The van der Waals surface area contributed by atoms with Crippen LogP contribution < -0.4 is 4.90 Å². The molecule has 1 aliphatic rings. The lowest BCUT2D eigenvalue weighted by Gasteiger charge is -2.35. The summed E-state index contributed by atoms with van der Waals surface area (Å²) in [6.07, 6.45) is 1.41. The normalized spacial score (nSPS) is 22.4. The summed E-state index contributed by atoms with van der Waals surface area (Å²) in [4.78, 5) is 12.7. The quantitative estimate of drug-likeness (QED) is 0.656. The number of nitro groups is 1. The smallest absolute Gasteiger partial charge is 0.295 e. The molecule has 1 N–H and O–H groups in total. The van der Waals surface area contributed by atoms with Gasteiger partial charge in [-0.15, -0.1) is 0 Å². The highest BCUT2D eigenvalue weighted by molar-refractivity contribution is 5.66. The number of anilines is 1. The van der Waals surface area contributed by atoms with Crippen LogP contribution in [0.25, 0.3) is 0 Å². The first-order valence-electron chi connectivity index (χ1n) is 6.12. The van der Waals surface area contributed by atoms with Crippen LogP contribution in [0, 0.1) is 23.0 Å². The molecule has 0 atom stereocenters. The number of hydrogen-bond donors (Lipinski definition) is 1. The Labute approximate surface area is 106 Å². The van der Waals surface area contributed by atoms with Gasteiger partial charge in [0.15, 0.2) is 0 Å². The van der Waals surface area contributed by atoms with Crippen molar-refractivity contribution < 1.29 is 10.0 Å². The number of benzene rings is 1. The van der Waals surface area contributed by atoms with Crippen LogP contribution in [0.3, 0.4) is 0 Å². The Hall–Kier alpha value is -1.62. The summed E-state index contributed by atoms with van der Waals surface area (Å²) >= 11 is 0. The first-order valence-corrected chi connectivity index (χ1v) is 6.12. The van der Waals surface area contributed by atoms with Crippen LogP contribution in [-0.2, 0) is 0 Å². The molecule has 0 radical (unpaired) electrons. The van der Waals surface area contributed by atoms with Crippen LogP contribution in [0.1, 0.15) is 18.4 Å². The third kappa shape index (κ3) is 2.46. The van der Waals surface area contributed by atoms with Crippen LogP contribution in [0.2, 0.25) is 0 Å². The van der Waals surface area contributed by atoms with Gasteiger partial charge < -0.3 is 10.0 Å². The highest BCUT2D eigenvalue weighted by atomic mass is 16.6. The van der Waals surface area contributed by atoms with Gasteiger partial charge in [-0.3, -0.25) is 10.1 Å². The van der Waals surface area contributed by atoms with Gasteiger partial charge in [-0.1, -0.05) is 12.1 Å². The lowest BCUT2D eigenvalue weighted by atomic mass is 9.82. The van der Waals surface area contributed by atoms with Crippen LogP contribution in [0.5, 0.6) is 0 Å². The maximum absolute atomic E-state index is 11.1. The Balaban J connectivity index is 2.16. The number of rotatable bonds is 4. The number of aliphatic hydroxyl groups excluding tert-OH is 1. The van der Waals surface area contributed by atoms with Gasteiger partial charge in [0.25, 0.3) is 5.69 Å². The van der Waals surface area contributed by atoms with Crippen molar-refractivity contribution in [2.75, 3.05) is 18.5 Å². The number of hydrogen-bond acceptors (Lipinski definition) is 4. The van der Waals surface area contributed by atoms with E-state index in [2.05, 4.69) is 0 Å². The van der Waals surface area contributed by atoms with E-state index < -0.39 is 0 Å². The number of nitro benzene ring substituents is 1. The number of aryl methyl sites for hydroxylation is 1. The van der Waals surface area contributed by atoms with Gasteiger partial charge >= 0.3 is 0 Å². The van der Waals surface area contributed by atoms with Gasteiger partial charge in [-0.05, 0) is 31.7 Å². The van der Waals surface area contributed by atoms with Crippen molar-refractivity contribution in [1.82, 2.24) is 0 Å². The molecule has 1 aliphatic carbocycles. The summed E-state index contributed by atoms with van der Waals surface area (Å²) in [6.45, 7) is 2.50. The van der Waals surface area contributed by atoms with Crippen molar-refractivity contribution in [2.45, 2.75) is 25.9 Å². The van der Waals surface area contributed by atoms with Gasteiger partial charge in [0, 0.05) is 19.2 Å². The predicted octanol–water partition coefficient (Wildman–Crippen LogP) is 2.11. The molecule has 2 rings (SSSR count). The zero-order chi connectivity index (χ0) is 13.3. The third-order valence-electron chi connectivity index (χ3n) is 3.55. The summed E-state index contributed by atoms with van der Waals surface area (Å²) < 4.78 is 0. The minimum absolute atomic E-state index is 0.180. The molecule has 0 heterocycles. The van der Waals surface area contributed by atoms with Gasteiger partial charge in [0.1, 0.15) is 5.69 Å². The molecule has 0 spiro atoms. The summed E-state index contributed by atoms with van der Waals surface area (Å²) in [5, 5.41) is 20.4. The molecule has 1 fully saturated rings. The van der Waals surface area contributed by atoms with E-state index in [0.29, 0.717) is 17.2 Å². The van der Waals surface area contributed by atoms with E-state index in [0.717, 1.165) is 19.4 Å². The molecule has 18 heavy (non-hydrogen) atoms. The van der Waals surface area contributed by atoms with E-state index >= 15 is 0 Å². The van der Waals surface area contributed by atoms with Crippen LogP contribution in [-0.4, -0.2) is 29.7 Å². The Kier molecular flexibility index (Phi) is 3.52. The zero-order valence-corrected chi connectivity index (χ0v) is 10.7. The molecule has 1 aromatic rings. The Bertz CT molecular complexity index is 456. The van der Waals surface area contributed by atoms with Crippen molar-refractivity contribution in [2.24, 2.45) is 5.92 Å². The average molecular weight is 250 g/mol. The zero-order valence-electron chi connectivity index (χ0n) is 10.7. The predicted molar refractivity (Wildman–Crippen MR) is 69.8 cm³/mol. The molecule has 5 heteroatoms. The topological polar surface area (TPSA) is 66.6 Å². The monoisotopic (exact) mass is 250 g/mol. The fraction of sp³-hybridized carbons (Fsp3) is 0.538. The largest absolute Gasteiger partial charge is 0.393 e. The lowest BCUT2D eigenvalue weighted by Crippen LogP contribution is -2.37. The van der Waals surface area contributed by atoms with Crippen LogP contribution >= 0.6 is 0 Å². The van der Waals surface area contributed by atoms with E-state index in [9.17, 15) is 15.2 Å². The van der Waals surface area contributed by atoms with E-state index in [1.54, 1.807) is 19.1 Å². The number of nitrogens with zero attached hydrogens (tertiary/aromatic N) is 2. The SMILES string of the molecule is Cc1cccc(N(C)CC2CC(O)C2)c1[N+](=O)[O-]. The first-order chi connectivity index (χ1) is 8.49. The Morgan fingerprint density at radius 2 is 2.17 bits per heavy atom. The van der Waals surface area contributed by atoms with E-state index in [1.807, 2.05) is 18.0 Å². The first kappa shape index (κ1) is 12.8. The highest BCUT2D eigenvalue weighted by Gasteiger charge is 2.29. The molecule has 0 aromatic heterocycles. The molecule has 0 bridgehead atoms. The molecule has 1 saturated carbocycles. The van der Waals surface area contributed by atoms with Crippen molar-refractivity contribution in [1.29, 1.82) is 0 Å². The average Bonchev–Trinajstić information content (AvgIpc) is 2.26. The fourth-order valence-electron chi connectivity index (χ4n) is 2.52. The van der Waals surface area contributed by atoms with Crippen molar-refractivity contribution >= 4 is 11.4 Å². The van der Waals surface area contributed by atoms with Crippen LogP contribution in [0.15, 0.2) is 18.2 Å². The summed E-state index contributed by atoms with van der Waals surface area (Å²) in [6, 6.07) is 5.37. The summed E-state index contributed by atoms with van der Waals surface area (Å²) in [7, 11) is 1.87. The van der Waals surface area contributed by atoms with Gasteiger partial charge in [0.2, 0.25) is 0 Å². The molecular formula is C13H18N2O3. The van der Waals surface area contributed by atoms with Crippen molar-refractivity contribution in [3.63, 3.8) is 0 Å². The van der Waals surface area contributed by atoms with E-state index in [-0.39, 0.29) is 16.7 Å². The molecule has 1 aromatic carbocycles.